The van der Waals surface area contributed by atoms with Gasteiger partial charge in [0.15, 0.2) is 0 Å². The van der Waals surface area contributed by atoms with Crippen LogP contribution >= 0.6 is 7.60 Å². The fraction of sp³-hybridized carbons (Fsp3) is 0.611. The van der Waals surface area contributed by atoms with Gasteiger partial charge >= 0.3 is 13.8 Å². The van der Waals surface area contributed by atoms with Gasteiger partial charge in [-0.15, -0.1) is 0 Å². The first-order chi connectivity index (χ1) is 14.7. The van der Waals surface area contributed by atoms with Gasteiger partial charge < -0.3 is 34.9 Å². The molecule has 12 nitrogen and oxygen atoms in total. The zero-order chi connectivity index (χ0) is 23.1. The summed E-state index contributed by atoms with van der Waals surface area (Å²) in [6.45, 7) is 5.94. The fourth-order valence-electron chi connectivity index (χ4n) is 1.97. The number of hydrogen-bond acceptors (Lipinski definition) is 12. The zero-order valence-corrected chi connectivity index (χ0v) is 18.9. The Kier molecular flexibility index (Phi) is 12.5. The number of nitrogen functional groups attached to an aromatic ring is 2. The van der Waals surface area contributed by atoms with Crippen LogP contribution in [0.3, 0.4) is 0 Å². The van der Waals surface area contributed by atoms with Crippen molar-refractivity contribution in [1.82, 2.24) is 9.97 Å². The number of rotatable bonds is 15. The molecule has 1 aromatic heterocycles. The van der Waals surface area contributed by atoms with Gasteiger partial charge in [0, 0.05) is 19.3 Å². The maximum absolute atomic E-state index is 12.9. The van der Waals surface area contributed by atoms with E-state index in [1.165, 1.54) is 6.07 Å². The second-order valence-corrected chi connectivity index (χ2v) is 8.36. The molecule has 176 valence electrons. The molecule has 31 heavy (non-hydrogen) atoms. The molecule has 4 N–H and O–H groups in total. The van der Waals surface area contributed by atoms with E-state index in [9.17, 15) is 9.36 Å². The van der Waals surface area contributed by atoms with Gasteiger partial charge in [0.2, 0.25) is 18.6 Å². The molecular formula is C18H31N4O8P. The number of aromatic nitrogens is 2. The SMILES string of the molecule is CCOCCCOP(=O)(C/C=C/COc1cc(N)nc(N)n1)OCOC(=O)OC(C)C. The first kappa shape index (κ1) is 26.6. The van der Waals surface area contributed by atoms with E-state index < -0.39 is 20.5 Å². The quantitative estimate of drug-likeness (QED) is 0.129. The van der Waals surface area contributed by atoms with E-state index in [0.717, 1.165) is 0 Å². The smallest absolute Gasteiger partial charge is 0.473 e. The number of carbonyl (C=O) groups is 1. The fourth-order valence-corrected chi connectivity index (χ4v) is 3.29. The molecule has 0 amide bonds. The molecule has 0 aliphatic heterocycles. The van der Waals surface area contributed by atoms with Gasteiger partial charge in [-0.1, -0.05) is 12.2 Å². The van der Waals surface area contributed by atoms with Crippen molar-refractivity contribution in [3.8, 4) is 5.88 Å². The molecule has 1 atom stereocenters. The minimum absolute atomic E-state index is 0.00618. The predicted octanol–water partition coefficient (Wildman–Crippen LogP) is 2.75. The van der Waals surface area contributed by atoms with Gasteiger partial charge in [0.25, 0.3) is 0 Å². The summed E-state index contributed by atoms with van der Waals surface area (Å²) in [5, 5.41) is 0. The van der Waals surface area contributed by atoms with Crippen LogP contribution in [-0.4, -0.2) is 61.6 Å². The van der Waals surface area contributed by atoms with Crippen LogP contribution in [-0.2, 0) is 27.8 Å². The lowest BCUT2D eigenvalue weighted by atomic mass is 10.5. The largest absolute Gasteiger partial charge is 0.510 e. The van der Waals surface area contributed by atoms with Crippen molar-refractivity contribution in [1.29, 1.82) is 0 Å². The molecule has 0 fully saturated rings. The van der Waals surface area contributed by atoms with Crippen molar-refractivity contribution in [3.05, 3.63) is 18.2 Å². The number of anilines is 2. The minimum atomic E-state index is -3.58. The highest BCUT2D eigenvalue weighted by Gasteiger charge is 2.24. The third-order valence-corrected chi connectivity index (χ3v) is 4.98. The van der Waals surface area contributed by atoms with Crippen LogP contribution in [0.25, 0.3) is 0 Å². The van der Waals surface area contributed by atoms with Gasteiger partial charge in [0.1, 0.15) is 12.4 Å². The van der Waals surface area contributed by atoms with Crippen LogP contribution in [0.15, 0.2) is 18.2 Å². The normalized spacial score (nSPS) is 13.3. The minimum Gasteiger partial charge on any atom is -0.473 e. The lowest BCUT2D eigenvalue weighted by molar-refractivity contribution is -0.0129. The summed E-state index contributed by atoms with van der Waals surface area (Å²) in [4.78, 5) is 19.0. The second kappa shape index (κ2) is 14.6. The number of nitrogens with zero attached hydrogens (tertiary/aromatic N) is 2. The second-order valence-electron chi connectivity index (χ2n) is 6.26. The van der Waals surface area contributed by atoms with Crippen LogP contribution in [0.2, 0.25) is 0 Å². The molecular weight excluding hydrogens is 431 g/mol. The first-order valence-corrected chi connectivity index (χ1v) is 11.4. The maximum atomic E-state index is 12.9. The third kappa shape index (κ3) is 12.8. The highest BCUT2D eigenvalue weighted by Crippen LogP contribution is 2.48. The van der Waals surface area contributed by atoms with Crippen LogP contribution < -0.4 is 16.2 Å². The zero-order valence-electron chi connectivity index (χ0n) is 18.0. The Labute approximate surface area is 181 Å². The Morgan fingerprint density at radius 2 is 1.97 bits per heavy atom. The predicted molar refractivity (Wildman–Crippen MR) is 114 cm³/mol. The Hall–Kier alpha value is -2.40. The summed E-state index contributed by atoms with van der Waals surface area (Å²) in [5.41, 5.74) is 11.1. The monoisotopic (exact) mass is 462 g/mol. The molecule has 0 bridgehead atoms. The summed E-state index contributed by atoms with van der Waals surface area (Å²) in [5.74, 6) is 0.382. The highest BCUT2D eigenvalue weighted by atomic mass is 31.2. The van der Waals surface area contributed by atoms with Crippen LogP contribution in [0.5, 0.6) is 5.88 Å². The molecule has 0 saturated heterocycles. The van der Waals surface area contributed by atoms with Crippen molar-refractivity contribution >= 4 is 25.5 Å². The van der Waals surface area contributed by atoms with Gasteiger partial charge in [0.05, 0.1) is 18.9 Å². The van der Waals surface area contributed by atoms with E-state index in [1.807, 2.05) is 6.92 Å². The molecule has 1 aromatic rings. The summed E-state index contributed by atoms with van der Waals surface area (Å²) in [6.07, 6.45) is 2.34. The van der Waals surface area contributed by atoms with E-state index >= 15 is 0 Å². The van der Waals surface area contributed by atoms with Crippen molar-refractivity contribution in [2.24, 2.45) is 0 Å². The highest BCUT2D eigenvalue weighted by molar-refractivity contribution is 7.54. The molecule has 1 rings (SSSR count). The molecule has 1 unspecified atom stereocenters. The van der Waals surface area contributed by atoms with Gasteiger partial charge in [-0.2, -0.15) is 9.97 Å². The Morgan fingerprint density at radius 3 is 2.65 bits per heavy atom. The lowest BCUT2D eigenvalue weighted by Crippen LogP contribution is -2.15. The summed E-state index contributed by atoms with van der Waals surface area (Å²) < 4.78 is 43.7. The van der Waals surface area contributed by atoms with E-state index in [2.05, 4.69) is 9.97 Å². The Morgan fingerprint density at radius 1 is 1.19 bits per heavy atom. The van der Waals surface area contributed by atoms with Crippen LogP contribution in [0.4, 0.5) is 16.6 Å². The lowest BCUT2D eigenvalue weighted by Gasteiger charge is -2.17. The Balaban J connectivity index is 2.53. The molecule has 0 aliphatic rings. The van der Waals surface area contributed by atoms with E-state index in [4.69, 9.17) is 39.5 Å². The van der Waals surface area contributed by atoms with Gasteiger partial charge in [-0.3, -0.25) is 9.09 Å². The average molecular weight is 462 g/mol. The van der Waals surface area contributed by atoms with Crippen molar-refractivity contribution < 1.29 is 37.4 Å². The summed E-state index contributed by atoms with van der Waals surface area (Å²) >= 11 is 0. The van der Waals surface area contributed by atoms with E-state index in [-0.39, 0.29) is 43.1 Å². The average Bonchev–Trinajstić information content (AvgIpc) is 2.66. The maximum Gasteiger partial charge on any atom is 0.510 e. The van der Waals surface area contributed by atoms with Gasteiger partial charge in [-0.25, -0.2) is 4.79 Å². The molecule has 0 spiro atoms. The van der Waals surface area contributed by atoms with Crippen molar-refractivity contribution in [3.63, 3.8) is 0 Å². The topological polar surface area (TPSA) is 167 Å². The first-order valence-electron chi connectivity index (χ1n) is 9.71. The molecule has 0 aliphatic carbocycles. The summed E-state index contributed by atoms with van der Waals surface area (Å²) in [7, 11) is -3.58. The number of carbonyl (C=O) groups excluding carboxylic acids is 1. The third-order valence-electron chi connectivity index (χ3n) is 3.25. The summed E-state index contributed by atoms with van der Waals surface area (Å²) in [6, 6.07) is 1.42. The van der Waals surface area contributed by atoms with Gasteiger partial charge in [-0.05, 0) is 27.2 Å². The van der Waals surface area contributed by atoms with Crippen molar-refractivity contribution in [2.75, 3.05) is 50.8 Å². The molecule has 13 heteroatoms. The molecule has 0 saturated carbocycles. The van der Waals surface area contributed by atoms with Crippen LogP contribution in [0.1, 0.15) is 27.2 Å². The number of allylic oxidation sites excluding steroid dienone is 1. The van der Waals surface area contributed by atoms with Crippen LogP contribution in [0, 0.1) is 0 Å². The Bertz CT molecular complexity index is 727. The standard InChI is InChI=1S/C18H31N4O8P/c1-4-25-8-7-10-28-31(24,29-13-27-18(23)30-14(2)3)11-6-5-9-26-16-12-15(19)21-17(20)22-16/h5-6,12,14H,4,7-11,13H2,1-3H3,(H4,19,20,21,22)/b6-5+. The molecule has 0 aromatic carbocycles. The van der Waals surface area contributed by atoms with E-state index in [0.29, 0.717) is 19.6 Å². The van der Waals surface area contributed by atoms with E-state index in [1.54, 1.807) is 26.0 Å². The van der Waals surface area contributed by atoms with Crippen molar-refractivity contribution in [2.45, 2.75) is 33.3 Å². The number of hydrogen-bond donors (Lipinski definition) is 2. The number of ether oxygens (including phenoxy) is 4. The number of nitrogens with two attached hydrogens (primary N) is 2. The molecule has 1 heterocycles. The molecule has 0 radical (unpaired) electrons.